The summed E-state index contributed by atoms with van der Waals surface area (Å²) in [5.74, 6) is -1.15. The van der Waals surface area contributed by atoms with Gasteiger partial charge in [-0.15, -0.1) is 0 Å². The number of nitrogens with zero attached hydrogens (tertiary/aromatic N) is 1. The third kappa shape index (κ3) is 4.89. The minimum Gasteiger partial charge on any atom is -0.482 e. The molecule has 2 heterocycles. The molecule has 9 nitrogen and oxygen atoms in total. The second-order valence-corrected chi connectivity index (χ2v) is 5.95. The normalized spacial score (nSPS) is 15.4. The summed E-state index contributed by atoms with van der Waals surface area (Å²) in [7, 11) is 0. The maximum absolute atomic E-state index is 12.6. The zero-order valence-electron chi connectivity index (χ0n) is 15.5. The Bertz CT molecular complexity index is 946. The number of esters is 1. The minimum atomic E-state index is -0.809. The van der Waals surface area contributed by atoms with Crippen molar-refractivity contribution >= 4 is 29.9 Å². The number of nitrogens with one attached hydrogen (secondary N) is 1. The van der Waals surface area contributed by atoms with E-state index in [2.05, 4.69) is 5.32 Å². The van der Waals surface area contributed by atoms with Gasteiger partial charge in [-0.05, 0) is 42.8 Å². The van der Waals surface area contributed by atoms with Gasteiger partial charge in [0.2, 0.25) is 0 Å². The van der Waals surface area contributed by atoms with Crippen molar-refractivity contribution in [1.29, 1.82) is 0 Å². The summed E-state index contributed by atoms with van der Waals surface area (Å²) in [6.45, 7) is 1.65. The highest BCUT2D eigenvalue weighted by atomic mass is 16.6. The highest BCUT2D eigenvalue weighted by molar-refractivity contribution is 6.30. The Morgan fingerprint density at radius 3 is 2.59 bits per heavy atom. The SMILES string of the molecule is CCOC(=O)COc1ccc(/C=C2\C(=O)NC(=O)N(Cc3ccco3)C2=O)cc1. The molecule has 0 unspecified atom stereocenters. The van der Waals surface area contributed by atoms with Gasteiger partial charge in [0.1, 0.15) is 17.1 Å². The molecular formula is C20H18N2O7. The number of amides is 4. The maximum atomic E-state index is 12.6. The van der Waals surface area contributed by atoms with Gasteiger partial charge in [-0.3, -0.25) is 19.8 Å². The van der Waals surface area contributed by atoms with Crippen LogP contribution in [-0.2, 0) is 25.7 Å². The fourth-order valence-electron chi connectivity index (χ4n) is 2.57. The summed E-state index contributed by atoms with van der Waals surface area (Å²) in [5, 5.41) is 2.14. The van der Waals surface area contributed by atoms with E-state index >= 15 is 0 Å². The molecule has 0 aliphatic carbocycles. The van der Waals surface area contributed by atoms with Gasteiger partial charge >= 0.3 is 12.0 Å². The van der Waals surface area contributed by atoms with Crippen LogP contribution in [0, 0.1) is 0 Å². The lowest BCUT2D eigenvalue weighted by Crippen LogP contribution is -2.53. The van der Waals surface area contributed by atoms with Crippen molar-refractivity contribution in [2.45, 2.75) is 13.5 Å². The van der Waals surface area contributed by atoms with Crippen LogP contribution in [0.25, 0.3) is 6.08 Å². The number of ether oxygens (including phenoxy) is 2. The largest absolute Gasteiger partial charge is 0.482 e. The molecule has 0 radical (unpaired) electrons. The van der Waals surface area contributed by atoms with Gasteiger partial charge in [0, 0.05) is 0 Å². The second-order valence-electron chi connectivity index (χ2n) is 5.95. The molecule has 29 heavy (non-hydrogen) atoms. The number of carbonyl (C=O) groups is 4. The molecule has 0 bridgehead atoms. The van der Waals surface area contributed by atoms with E-state index in [1.54, 1.807) is 43.3 Å². The third-order valence-corrected chi connectivity index (χ3v) is 3.93. The quantitative estimate of drug-likeness (QED) is 0.430. The highest BCUT2D eigenvalue weighted by Crippen LogP contribution is 2.19. The summed E-state index contributed by atoms with van der Waals surface area (Å²) >= 11 is 0. The molecule has 1 N–H and O–H groups in total. The predicted molar refractivity (Wildman–Crippen MR) is 99.3 cm³/mol. The Labute approximate surface area is 165 Å². The van der Waals surface area contributed by atoms with Gasteiger partial charge in [-0.2, -0.15) is 0 Å². The number of barbiturate groups is 1. The molecule has 1 aromatic heterocycles. The van der Waals surface area contributed by atoms with Crippen molar-refractivity contribution in [3.8, 4) is 5.75 Å². The zero-order valence-corrected chi connectivity index (χ0v) is 15.5. The van der Waals surface area contributed by atoms with Gasteiger partial charge in [-0.25, -0.2) is 9.59 Å². The van der Waals surface area contributed by atoms with Gasteiger partial charge in [-0.1, -0.05) is 12.1 Å². The van der Waals surface area contributed by atoms with Gasteiger partial charge in [0.25, 0.3) is 11.8 Å². The van der Waals surface area contributed by atoms with Crippen molar-refractivity contribution < 1.29 is 33.1 Å². The summed E-state index contributed by atoms with van der Waals surface area (Å²) in [4.78, 5) is 49.0. The highest BCUT2D eigenvalue weighted by Gasteiger charge is 2.36. The fourth-order valence-corrected chi connectivity index (χ4v) is 2.57. The average Bonchev–Trinajstić information content (AvgIpc) is 3.21. The molecule has 0 saturated carbocycles. The smallest absolute Gasteiger partial charge is 0.344 e. The number of rotatable bonds is 7. The number of furan rings is 1. The van der Waals surface area contributed by atoms with Crippen LogP contribution in [0.4, 0.5) is 4.79 Å². The Hall–Kier alpha value is -3.88. The first-order valence-corrected chi connectivity index (χ1v) is 8.77. The van der Waals surface area contributed by atoms with Crippen molar-refractivity contribution in [3.05, 3.63) is 59.6 Å². The summed E-state index contributed by atoms with van der Waals surface area (Å²) in [5.41, 5.74) is 0.357. The molecule has 4 amide bonds. The lowest BCUT2D eigenvalue weighted by atomic mass is 10.1. The topological polar surface area (TPSA) is 115 Å². The summed E-state index contributed by atoms with van der Waals surface area (Å²) < 4.78 is 15.2. The van der Waals surface area contributed by atoms with E-state index in [1.807, 2.05) is 0 Å². The standard InChI is InChI=1S/C20H18N2O7/c1-2-27-17(23)12-29-14-7-5-13(6-8-14)10-16-18(24)21-20(26)22(19(16)25)11-15-4-3-9-28-15/h3-10H,2,11-12H2,1H3,(H,21,24,26)/b16-10+. The summed E-state index contributed by atoms with van der Waals surface area (Å²) in [6.07, 6.45) is 2.80. The molecular weight excluding hydrogens is 380 g/mol. The first-order chi connectivity index (χ1) is 14.0. The van der Waals surface area contributed by atoms with Crippen LogP contribution in [-0.4, -0.2) is 41.9 Å². The molecule has 0 spiro atoms. The molecule has 1 aliphatic rings. The molecule has 9 heteroatoms. The van der Waals surface area contributed by atoms with Crippen LogP contribution in [0.2, 0.25) is 0 Å². The average molecular weight is 398 g/mol. The Balaban J connectivity index is 1.72. The van der Waals surface area contributed by atoms with Crippen LogP contribution in [0.3, 0.4) is 0 Å². The molecule has 2 aromatic rings. The maximum Gasteiger partial charge on any atom is 0.344 e. The Kier molecular flexibility index (Phi) is 6.08. The van der Waals surface area contributed by atoms with Crippen LogP contribution in [0.5, 0.6) is 5.75 Å². The van der Waals surface area contributed by atoms with Crippen LogP contribution < -0.4 is 10.1 Å². The lowest BCUT2D eigenvalue weighted by molar-refractivity contribution is -0.145. The number of imide groups is 2. The Morgan fingerprint density at radius 2 is 1.93 bits per heavy atom. The van der Waals surface area contributed by atoms with E-state index in [0.717, 1.165) is 4.90 Å². The Morgan fingerprint density at radius 1 is 1.17 bits per heavy atom. The zero-order chi connectivity index (χ0) is 20.8. The number of benzene rings is 1. The van der Waals surface area contributed by atoms with Gasteiger partial charge < -0.3 is 13.9 Å². The number of carbonyl (C=O) groups excluding carboxylic acids is 4. The third-order valence-electron chi connectivity index (χ3n) is 3.93. The van der Waals surface area contributed by atoms with E-state index in [1.165, 1.54) is 12.3 Å². The molecule has 150 valence electrons. The summed E-state index contributed by atoms with van der Waals surface area (Å²) in [6, 6.07) is 8.84. The van der Waals surface area contributed by atoms with E-state index < -0.39 is 23.8 Å². The number of urea groups is 1. The molecule has 1 aromatic carbocycles. The van der Waals surface area contributed by atoms with Crippen molar-refractivity contribution in [2.75, 3.05) is 13.2 Å². The van der Waals surface area contributed by atoms with Crippen molar-refractivity contribution in [3.63, 3.8) is 0 Å². The molecule has 1 saturated heterocycles. The monoisotopic (exact) mass is 398 g/mol. The van der Waals surface area contributed by atoms with E-state index in [-0.39, 0.29) is 25.3 Å². The predicted octanol–water partition coefficient (Wildman–Crippen LogP) is 1.88. The molecule has 3 rings (SSSR count). The number of hydrogen-bond acceptors (Lipinski definition) is 7. The fraction of sp³-hybridized carbons (Fsp3) is 0.200. The van der Waals surface area contributed by atoms with E-state index in [4.69, 9.17) is 13.9 Å². The molecule has 1 aliphatic heterocycles. The van der Waals surface area contributed by atoms with Crippen LogP contribution in [0.15, 0.2) is 52.7 Å². The van der Waals surface area contributed by atoms with E-state index in [0.29, 0.717) is 17.1 Å². The van der Waals surface area contributed by atoms with E-state index in [9.17, 15) is 19.2 Å². The van der Waals surface area contributed by atoms with Gasteiger partial charge in [0.15, 0.2) is 6.61 Å². The second kappa shape index (κ2) is 8.87. The number of hydrogen-bond donors (Lipinski definition) is 1. The first kappa shape index (κ1) is 19.9. The minimum absolute atomic E-state index is 0.0943. The van der Waals surface area contributed by atoms with Gasteiger partial charge in [0.05, 0.1) is 19.4 Å². The molecule has 0 atom stereocenters. The van der Waals surface area contributed by atoms with Crippen molar-refractivity contribution in [1.82, 2.24) is 10.2 Å². The lowest BCUT2D eigenvalue weighted by Gasteiger charge is -2.25. The first-order valence-electron chi connectivity index (χ1n) is 8.77. The van der Waals surface area contributed by atoms with Crippen LogP contribution in [0.1, 0.15) is 18.2 Å². The van der Waals surface area contributed by atoms with Crippen molar-refractivity contribution in [2.24, 2.45) is 0 Å². The van der Waals surface area contributed by atoms with Crippen LogP contribution >= 0.6 is 0 Å². The molecule has 1 fully saturated rings.